The minimum absolute atomic E-state index is 0.0235. The summed E-state index contributed by atoms with van der Waals surface area (Å²) in [5.41, 5.74) is 6.54. The Balaban J connectivity index is 1.55. The number of ether oxygens (including phenoxy) is 2. The summed E-state index contributed by atoms with van der Waals surface area (Å²) in [6.07, 6.45) is -1.03. The first-order chi connectivity index (χ1) is 14.6. The van der Waals surface area contributed by atoms with Crippen LogP contribution in [0, 0.1) is 5.41 Å². The van der Waals surface area contributed by atoms with E-state index in [1.165, 1.54) is 22.7 Å². The van der Waals surface area contributed by atoms with Crippen LogP contribution < -0.4 is 15.8 Å². The van der Waals surface area contributed by atoms with Gasteiger partial charge in [-0.05, 0) is 41.3 Å². The van der Waals surface area contributed by atoms with Crippen LogP contribution in [0.15, 0.2) is 72.1 Å². The van der Waals surface area contributed by atoms with Gasteiger partial charge in [0, 0.05) is 10.1 Å². The molecule has 8 heteroatoms. The minimum Gasteiger partial charge on any atom is -0.481 e. The Labute approximate surface area is 181 Å². The highest BCUT2D eigenvalue weighted by Gasteiger charge is 2.19. The first-order valence-electron chi connectivity index (χ1n) is 9.16. The van der Waals surface area contributed by atoms with Gasteiger partial charge in [-0.1, -0.05) is 36.4 Å². The second kappa shape index (κ2) is 8.98. The number of fused-ring (bicyclic) bond motifs is 1. The molecule has 30 heavy (non-hydrogen) atoms. The zero-order chi connectivity index (χ0) is 20.9. The third-order valence-electron chi connectivity index (χ3n) is 4.34. The summed E-state index contributed by atoms with van der Waals surface area (Å²) >= 11 is 2.86. The van der Waals surface area contributed by atoms with E-state index in [2.05, 4.69) is 5.32 Å². The topological polar surface area (TPSA) is 97.4 Å². The number of nitrogens with one attached hydrogen (secondary N) is 2. The van der Waals surface area contributed by atoms with Gasteiger partial charge < -0.3 is 15.2 Å². The molecule has 1 amide bonds. The van der Waals surface area contributed by atoms with Crippen LogP contribution in [0.5, 0.6) is 5.75 Å². The minimum atomic E-state index is -0.533. The Hall–Kier alpha value is -3.36. The first kappa shape index (κ1) is 19.9. The Morgan fingerprint density at radius 3 is 2.67 bits per heavy atom. The molecule has 0 aliphatic heterocycles. The zero-order valence-electron chi connectivity index (χ0n) is 15.8. The number of amidine groups is 1. The third kappa shape index (κ3) is 4.61. The predicted octanol–water partition coefficient (Wildman–Crippen LogP) is 5.62. The number of hydrogen-bond acceptors (Lipinski definition) is 6. The third-order valence-corrected chi connectivity index (χ3v) is 6.26. The second-order valence-corrected chi connectivity index (χ2v) is 8.44. The predicted molar refractivity (Wildman–Crippen MR) is 122 cm³/mol. The molecule has 6 nitrogen and oxygen atoms in total. The van der Waals surface area contributed by atoms with Crippen molar-refractivity contribution in [2.75, 3.05) is 11.9 Å². The maximum atomic E-state index is 12.2. The van der Waals surface area contributed by atoms with Gasteiger partial charge in [-0.2, -0.15) is 0 Å². The van der Waals surface area contributed by atoms with Gasteiger partial charge in [0.25, 0.3) is 0 Å². The standard InChI is InChI=1S/C22H19N3O3S2/c23-21(24)19-12-15-16(8-4-9-18(15)30-19)28-17(14-6-2-1-3-7-14)13-27-22(26)25-20-10-5-11-29-20/h1-12,17H,13H2,(H3,23,24)(H,25,26). The van der Waals surface area contributed by atoms with Crippen molar-refractivity contribution in [2.45, 2.75) is 6.10 Å². The van der Waals surface area contributed by atoms with Crippen molar-refractivity contribution < 1.29 is 14.3 Å². The largest absolute Gasteiger partial charge is 0.481 e. The van der Waals surface area contributed by atoms with Gasteiger partial charge >= 0.3 is 6.09 Å². The lowest BCUT2D eigenvalue weighted by molar-refractivity contribution is 0.0910. The molecule has 0 aliphatic rings. The number of nitrogen functional groups attached to an aromatic ring is 1. The number of hydrogen-bond donors (Lipinski definition) is 3. The number of anilines is 1. The van der Waals surface area contributed by atoms with Crippen molar-refractivity contribution in [2.24, 2.45) is 5.73 Å². The van der Waals surface area contributed by atoms with Crippen LogP contribution in [0.2, 0.25) is 0 Å². The number of benzene rings is 2. The quantitative estimate of drug-likeness (QED) is 0.258. The van der Waals surface area contributed by atoms with E-state index in [-0.39, 0.29) is 12.4 Å². The fourth-order valence-electron chi connectivity index (χ4n) is 2.93. The Kier molecular flexibility index (Phi) is 5.97. The monoisotopic (exact) mass is 437 g/mol. The van der Waals surface area contributed by atoms with Crippen molar-refractivity contribution in [3.8, 4) is 5.75 Å². The van der Waals surface area contributed by atoms with Crippen molar-refractivity contribution in [3.63, 3.8) is 0 Å². The molecule has 1 atom stereocenters. The summed E-state index contributed by atoms with van der Waals surface area (Å²) < 4.78 is 12.7. The van der Waals surface area contributed by atoms with E-state index in [4.69, 9.17) is 20.6 Å². The van der Waals surface area contributed by atoms with E-state index in [0.29, 0.717) is 10.6 Å². The summed E-state index contributed by atoms with van der Waals surface area (Å²) in [4.78, 5) is 12.9. The lowest BCUT2D eigenvalue weighted by Crippen LogP contribution is -2.20. The summed E-state index contributed by atoms with van der Waals surface area (Å²) in [5, 5.41) is 13.9. The van der Waals surface area contributed by atoms with Gasteiger partial charge in [0.05, 0.1) is 9.88 Å². The van der Waals surface area contributed by atoms with Crippen molar-refractivity contribution in [3.05, 3.63) is 82.6 Å². The molecule has 0 radical (unpaired) electrons. The van der Waals surface area contributed by atoms with Crippen LogP contribution in [0.4, 0.5) is 9.80 Å². The van der Waals surface area contributed by atoms with Crippen LogP contribution in [0.25, 0.3) is 10.1 Å². The molecular formula is C22H19N3O3S2. The normalized spacial score (nSPS) is 11.7. The highest BCUT2D eigenvalue weighted by atomic mass is 32.1. The molecule has 0 spiro atoms. The molecule has 2 aromatic heterocycles. The second-order valence-electron chi connectivity index (χ2n) is 6.41. The van der Waals surface area contributed by atoms with E-state index in [0.717, 1.165) is 20.7 Å². The molecule has 2 heterocycles. The molecule has 4 rings (SSSR count). The highest BCUT2D eigenvalue weighted by molar-refractivity contribution is 7.20. The first-order valence-corrected chi connectivity index (χ1v) is 10.9. The molecule has 152 valence electrons. The van der Waals surface area contributed by atoms with Gasteiger partial charge in [-0.3, -0.25) is 10.7 Å². The van der Waals surface area contributed by atoms with E-state index in [1.54, 1.807) is 6.07 Å². The van der Waals surface area contributed by atoms with Crippen molar-refractivity contribution in [1.29, 1.82) is 5.41 Å². The van der Waals surface area contributed by atoms with E-state index in [1.807, 2.05) is 66.0 Å². The van der Waals surface area contributed by atoms with Crippen molar-refractivity contribution >= 4 is 49.7 Å². The van der Waals surface area contributed by atoms with Crippen molar-refractivity contribution in [1.82, 2.24) is 0 Å². The number of rotatable bonds is 7. The van der Waals surface area contributed by atoms with Gasteiger partial charge in [0.2, 0.25) is 0 Å². The summed E-state index contributed by atoms with van der Waals surface area (Å²) in [6.45, 7) is 0.0430. The smallest absolute Gasteiger partial charge is 0.412 e. The average Bonchev–Trinajstić information content (AvgIpc) is 3.42. The molecular weight excluding hydrogens is 418 g/mol. The maximum absolute atomic E-state index is 12.2. The number of nitrogens with two attached hydrogens (primary N) is 1. The summed E-state index contributed by atoms with van der Waals surface area (Å²) in [6, 6.07) is 20.8. The fraction of sp³-hybridized carbons (Fsp3) is 0.0909. The van der Waals surface area contributed by atoms with Crippen LogP contribution in [0.1, 0.15) is 16.5 Å². The molecule has 4 aromatic rings. The van der Waals surface area contributed by atoms with E-state index in [9.17, 15) is 4.79 Å². The number of carbonyl (C=O) groups excluding carboxylic acids is 1. The average molecular weight is 438 g/mol. The molecule has 4 N–H and O–H groups in total. The molecule has 0 bridgehead atoms. The Morgan fingerprint density at radius 1 is 1.10 bits per heavy atom. The number of thiophene rings is 2. The number of carbonyl (C=O) groups is 1. The SMILES string of the molecule is N=C(N)c1cc2c(OC(COC(=O)Nc3cccs3)c3ccccc3)cccc2s1. The summed E-state index contributed by atoms with van der Waals surface area (Å²) in [5.74, 6) is 0.669. The molecule has 0 saturated heterocycles. The lowest BCUT2D eigenvalue weighted by atomic mass is 10.1. The zero-order valence-corrected chi connectivity index (χ0v) is 17.5. The molecule has 2 aromatic carbocycles. The van der Waals surface area contributed by atoms with E-state index >= 15 is 0 Å². The molecule has 0 saturated carbocycles. The fourth-order valence-corrected chi connectivity index (χ4v) is 4.47. The van der Waals surface area contributed by atoms with Crippen LogP contribution in [0.3, 0.4) is 0 Å². The lowest BCUT2D eigenvalue weighted by Gasteiger charge is -2.20. The van der Waals surface area contributed by atoms with Gasteiger partial charge in [0.15, 0.2) is 6.10 Å². The molecule has 0 fully saturated rings. The van der Waals surface area contributed by atoms with Crippen LogP contribution >= 0.6 is 22.7 Å². The maximum Gasteiger partial charge on any atom is 0.412 e. The Morgan fingerprint density at radius 2 is 1.93 bits per heavy atom. The molecule has 1 unspecified atom stereocenters. The van der Waals surface area contributed by atoms with Gasteiger partial charge in [-0.15, -0.1) is 22.7 Å². The highest BCUT2D eigenvalue weighted by Crippen LogP contribution is 2.35. The summed E-state index contributed by atoms with van der Waals surface area (Å²) in [7, 11) is 0. The van der Waals surface area contributed by atoms with Gasteiger partial charge in [-0.25, -0.2) is 4.79 Å². The Bertz CT molecular complexity index is 1160. The van der Waals surface area contributed by atoms with Crippen LogP contribution in [-0.4, -0.2) is 18.5 Å². The number of amides is 1. The van der Waals surface area contributed by atoms with Gasteiger partial charge in [0.1, 0.15) is 18.2 Å². The molecule has 0 aliphatic carbocycles. The van der Waals surface area contributed by atoms with Crippen LogP contribution in [-0.2, 0) is 4.74 Å². The van der Waals surface area contributed by atoms with E-state index < -0.39 is 12.2 Å².